The Hall–Kier alpha value is -3.12. The van der Waals surface area contributed by atoms with E-state index < -0.39 is 0 Å². The zero-order valence-corrected chi connectivity index (χ0v) is 17.9. The summed E-state index contributed by atoms with van der Waals surface area (Å²) >= 11 is 1.61. The molecule has 0 saturated carbocycles. The van der Waals surface area contributed by atoms with Gasteiger partial charge in [0.1, 0.15) is 5.00 Å². The second-order valence-corrected chi connectivity index (χ2v) is 8.14. The number of fused-ring (bicyclic) bond motifs is 1. The number of thiophene rings is 1. The number of hydrogen-bond acceptors (Lipinski definition) is 5. The van der Waals surface area contributed by atoms with Gasteiger partial charge >= 0.3 is 0 Å². The SMILES string of the molecule is COc1cccc(C=Nc2sc3c(c2C(=O)Nc2ccccc2)CCCC3)c1OC. The number of aliphatic imine (C=N–C) groups is 1. The molecule has 0 bridgehead atoms. The van der Waals surface area contributed by atoms with Crippen molar-refractivity contribution in [2.24, 2.45) is 4.99 Å². The van der Waals surface area contributed by atoms with E-state index in [4.69, 9.17) is 14.5 Å². The fourth-order valence-corrected chi connectivity index (χ4v) is 4.96. The van der Waals surface area contributed by atoms with E-state index in [2.05, 4.69) is 5.32 Å². The highest BCUT2D eigenvalue weighted by molar-refractivity contribution is 7.16. The molecule has 0 saturated heterocycles. The van der Waals surface area contributed by atoms with Crippen molar-refractivity contribution in [1.82, 2.24) is 0 Å². The second kappa shape index (κ2) is 9.13. The Balaban J connectivity index is 1.71. The molecule has 1 amide bonds. The highest BCUT2D eigenvalue weighted by atomic mass is 32.1. The Kier molecular flexibility index (Phi) is 6.14. The first kappa shape index (κ1) is 20.2. The van der Waals surface area contributed by atoms with Gasteiger partial charge in [0, 0.05) is 22.3 Å². The van der Waals surface area contributed by atoms with Crippen molar-refractivity contribution in [2.75, 3.05) is 19.5 Å². The number of nitrogens with zero attached hydrogens (tertiary/aromatic N) is 1. The number of nitrogens with one attached hydrogen (secondary N) is 1. The summed E-state index contributed by atoms with van der Waals surface area (Å²) in [5, 5.41) is 3.76. The molecule has 2 aromatic carbocycles. The molecule has 1 aliphatic rings. The number of carbonyl (C=O) groups excluding carboxylic acids is 1. The van der Waals surface area contributed by atoms with E-state index in [1.54, 1.807) is 31.8 Å². The molecule has 5 nitrogen and oxygen atoms in total. The monoisotopic (exact) mass is 420 g/mol. The van der Waals surface area contributed by atoms with E-state index in [1.807, 2.05) is 48.5 Å². The number of carbonyl (C=O) groups is 1. The lowest BCUT2D eigenvalue weighted by molar-refractivity contribution is 0.102. The molecule has 0 atom stereocenters. The molecular formula is C24H24N2O3S. The number of benzene rings is 2. The minimum Gasteiger partial charge on any atom is -0.493 e. The van der Waals surface area contributed by atoms with Crippen LogP contribution in [0.2, 0.25) is 0 Å². The third-order valence-corrected chi connectivity index (χ3v) is 6.37. The Morgan fingerprint density at radius 3 is 2.60 bits per heavy atom. The molecule has 1 aromatic heterocycles. The average molecular weight is 421 g/mol. The molecule has 0 spiro atoms. The van der Waals surface area contributed by atoms with Crippen LogP contribution < -0.4 is 14.8 Å². The first-order chi connectivity index (χ1) is 14.7. The predicted octanol–water partition coefficient (Wildman–Crippen LogP) is 5.65. The van der Waals surface area contributed by atoms with Crippen molar-refractivity contribution >= 4 is 34.1 Å². The molecule has 0 unspecified atom stereocenters. The van der Waals surface area contributed by atoms with Gasteiger partial charge in [0.05, 0.1) is 19.8 Å². The van der Waals surface area contributed by atoms with Crippen molar-refractivity contribution < 1.29 is 14.3 Å². The Morgan fingerprint density at radius 2 is 1.83 bits per heavy atom. The molecule has 30 heavy (non-hydrogen) atoms. The van der Waals surface area contributed by atoms with Gasteiger partial charge < -0.3 is 14.8 Å². The molecule has 1 aliphatic carbocycles. The number of anilines is 1. The number of aryl methyl sites for hydroxylation is 1. The van der Waals surface area contributed by atoms with E-state index in [1.165, 1.54) is 4.88 Å². The number of amides is 1. The van der Waals surface area contributed by atoms with E-state index in [-0.39, 0.29) is 5.91 Å². The molecule has 154 valence electrons. The van der Waals surface area contributed by atoms with E-state index in [0.29, 0.717) is 17.1 Å². The smallest absolute Gasteiger partial charge is 0.259 e. The lowest BCUT2D eigenvalue weighted by Gasteiger charge is -2.13. The lowest BCUT2D eigenvalue weighted by atomic mass is 9.95. The van der Waals surface area contributed by atoms with Gasteiger partial charge in [-0.1, -0.05) is 24.3 Å². The second-order valence-electron chi connectivity index (χ2n) is 7.05. The Bertz CT molecular complexity index is 1070. The summed E-state index contributed by atoms with van der Waals surface area (Å²) in [6.07, 6.45) is 5.92. The maximum absolute atomic E-state index is 13.2. The van der Waals surface area contributed by atoms with Crippen molar-refractivity contribution in [3.05, 3.63) is 70.1 Å². The molecular weight excluding hydrogens is 396 g/mol. The van der Waals surface area contributed by atoms with Crippen molar-refractivity contribution in [3.8, 4) is 11.5 Å². The van der Waals surface area contributed by atoms with E-state index in [9.17, 15) is 4.79 Å². The molecule has 4 rings (SSSR count). The van der Waals surface area contributed by atoms with Gasteiger partial charge in [-0.25, -0.2) is 4.99 Å². The summed E-state index contributed by atoms with van der Waals surface area (Å²) in [5.74, 6) is 1.17. The summed E-state index contributed by atoms with van der Waals surface area (Å²) in [4.78, 5) is 19.2. The zero-order chi connectivity index (χ0) is 20.9. The molecule has 3 aromatic rings. The largest absolute Gasteiger partial charge is 0.493 e. The molecule has 6 heteroatoms. The van der Waals surface area contributed by atoms with Crippen LogP contribution in [-0.4, -0.2) is 26.3 Å². The van der Waals surface area contributed by atoms with Crippen molar-refractivity contribution in [1.29, 1.82) is 0 Å². The van der Waals surface area contributed by atoms with Crippen LogP contribution in [0.3, 0.4) is 0 Å². The lowest BCUT2D eigenvalue weighted by Crippen LogP contribution is -2.14. The van der Waals surface area contributed by atoms with E-state index in [0.717, 1.165) is 47.5 Å². The van der Waals surface area contributed by atoms with Gasteiger partial charge in [-0.05, 0) is 55.5 Å². The van der Waals surface area contributed by atoms with Crippen molar-refractivity contribution in [2.45, 2.75) is 25.7 Å². The minimum atomic E-state index is -0.106. The summed E-state index contributed by atoms with van der Waals surface area (Å²) in [6.45, 7) is 0. The van der Waals surface area contributed by atoms with Crippen LogP contribution in [-0.2, 0) is 12.8 Å². The van der Waals surface area contributed by atoms with Gasteiger partial charge in [0.2, 0.25) is 0 Å². The van der Waals surface area contributed by atoms with Crippen LogP contribution in [0.4, 0.5) is 10.7 Å². The summed E-state index contributed by atoms with van der Waals surface area (Å²) in [5.41, 5.74) is 3.42. The summed E-state index contributed by atoms with van der Waals surface area (Å²) < 4.78 is 10.9. The predicted molar refractivity (Wildman–Crippen MR) is 122 cm³/mol. The van der Waals surface area contributed by atoms with Crippen LogP contribution in [0.25, 0.3) is 0 Å². The van der Waals surface area contributed by atoms with Gasteiger partial charge in [-0.3, -0.25) is 4.79 Å². The quantitative estimate of drug-likeness (QED) is 0.525. The average Bonchev–Trinajstić information content (AvgIpc) is 3.16. The topological polar surface area (TPSA) is 59.9 Å². The molecule has 0 aliphatic heterocycles. The van der Waals surface area contributed by atoms with Gasteiger partial charge in [-0.15, -0.1) is 11.3 Å². The van der Waals surface area contributed by atoms with Crippen molar-refractivity contribution in [3.63, 3.8) is 0 Å². The molecule has 0 fully saturated rings. The van der Waals surface area contributed by atoms with Crippen LogP contribution in [0, 0.1) is 0 Å². The third kappa shape index (κ3) is 4.09. The van der Waals surface area contributed by atoms with Gasteiger partial charge in [-0.2, -0.15) is 0 Å². The maximum atomic E-state index is 13.2. The molecule has 1 N–H and O–H groups in total. The maximum Gasteiger partial charge on any atom is 0.259 e. The number of para-hydroxylation sites is 2. The fourth-order valence-electron chi connectivity index (χ4n) is 3.73. The number of hydrogen-bond donors (Lipinski definition) is 1. The molecule has 1 heterocycles. The fraction of sp³-hybridized carbons (Fsp3) is 0.250. The first-order valence-electron chi connectivity index (χ1n) is 9.97. The van der Waals surface area contributed by atoms with Gasteiger partial charge in [0.25, 0.3) is 5.91 Å². The number of rotatable bonds is 6. The normalized spacial score (nSPS) is 13.1. The van der Waals surface area contributed by atoms with Crippen LogP contribution in [0.15, 0.2) is 53.5 Å². The number of methoxy groups -OCH3 is 2. The van der Waals surface area contributed by atoms with E-state index >= 15 is 0 Å². The summed E-state index contributed by atoms with van der Waals surface area (Å²) in [7, 11) is 3.22. The molecule has 0 radical (unpaired) electrons. The first-order valence-corrected chi connectivity index (χ1v) is 10.8. The third-order valence-electron chi connectivity index (χ3n) is 5.17. The highest BCUT2D eigenvalue weighted by Crippen LogP contribution is 2.40. The Labute approximate surface area is 180 Å². The van der Waals surface area contributed by atoms with Crippen LogP contribution in [0.1, 0.15) is 39.2 Å². The number of ether oxygens (including phenoxy) is 2. The van der Waals surface area contributed by atoms with Gasteiger partial charge in [0.15, 0.2) is 11.5 Å². The highest BCUT2D eigenvalue weighted by Gasteiger charge is 2.25. The zero-order valence-electron chi connectivity index (χ0n) is 17.1. The minimum absolute atomic E-state index is 0.106. The Morgan fingerprint density at radius 1 is 1.03 bits per heavy atom. The van der Waals surface area contributed by atoms with Crippen LogP contribution in [0.5, 0.6) is 11.5 Å². The van der Waals surface area contributed by atoms with Crippen LogP contribution >= 0.6 is 11.3 Å². The standard InChI is InChI=1S/C24H24N2O3S/c1-28-19-13-8-9-16(22(19)29-2)15-25-24-21(18-12-6-7-14-20(18)30-24)23(27)26-17-10-4-3-5-11-17/h3-5,8-11,13,15H,6-7,12,14H2,1-2H3,(H,26,27). The summed E-state index contributed by atoms with van der Waals surface area (Å²) in [6, 6.07) is 15.2.